The lowest BCUT2D eigenvalue weighted by Crippen LogP contribution is -2.17. The Morgan fingerprint density at radius 1 is 1.20 bits per heavy atom. The van der Waals surface area contributed by atoms with Crippen molar-refractivity contribution >= 4 is 22.7 Å². The molecule has 1 aromatic heterocycles. The van der Waals surface area contributed by atoms with Crippen LogP contribution in [-0.4, -0.2) is 13.1 Å². The van der Waals surface area contributed by atoms with E-state index in [1.165, 1.54) is 42.2 Å². The van der Waals surface area contributed by atoms with Crippen LogP contribution in [0.2, 0.25) is 0 Å². The lowest BCUT2D eigenvalue weighted by Gasteiger charge is -2.21. The summed E-state index contributed by atoms with van der Waals surface area (Å²) in [6.07, 6.45) is 3.75. The summed E-state index contributed by atoms with van der Waals surface area (Å²) in [6.45, 7) is 4.64. The zero-order chi connectivity index (χ0) is 13.8. The number of anilines is 2. The van der Waals surface area contributed by atoms with Gasteiger partial charge in [-0.3, -0.25) is 0 Å². The summed E-state index contributed by atoms with van der Waals surface area (Å²) >= 11 is 1.83. The Balaban J connectivity index is 1.74. The van der Waals surface area contributed by atoms with Crippen molar-refractivity contribution in [1.82, 2.24) is 0 Å². The van der Waals surface area contributed by atoms with Gasteiger partial charge in [0, 0.05) is 29.3 Å². The fourth-order valence-electron chi connectivity index (χ4n) is 2.83. The van der Waals surface area contributed by atoms with Crippen molar-refractivity contribution in [1.29, 1.82) is 0 Å². The van der Waals surface area contributed by atoms with Gasteiger partial charge in [0.05, 0.1) is 6.04 Å². The Morgan fingerprint density at radius 3 is 2.75 bits per heavy atom. The number of hydrogen-bond donors (Lipinski definition) is 1. The van der Waals surface area contributed by atoms with Crippen molar-refractivity contribution in [3.8, 4) is 0 Å². The molecule has 106 valence electrons. The minimum absolute atomic E-state index is 0.420. The highest BCUT2D eigenvalue weighted by molar-refractivity contribution is 7.10. The van der Waals surface area contributed by atoms with E-state index >= 15 is 0 Å². The number of nitrogens with zero attached hydrogens (tertiary/aromatic N) is 1. The molecular formula is C17H22N2S. The molecule has 1 N–H and O–H groups in total. The molecule has 0 aliphatic carbocycles. The van der Waals surface area contributed by atoms with Gasteiger partial charge in [-0.1, -0.05) is 19.1 Å². The predicted octanol–water partition coefficient (Wildman–Crippen LogP) is 4.91. The zero-order valence-electron chi connectivity index (χ0n) is 12.0. The molecule has 1 fully saturated rings. The molecule has 20 heavy (non-hydrogen) atoms. The summed E-state index contributed by atoms with van der Waals surface area (Å²) in [4.78, 5) is 3.90. The van der Waals surface area contributed by atoms with E-state index < -0.39 is 0 Å². The molecule has 2 aromatic rings. The van der Waals surface area contributed by atoms with E-state index in [1.54, 1.807) is 0 Å². The van der Waals surface area contributed by atoms with Crippen LogP contribution in [0.5, 0.6) is 0 Å². The Hall–Kier alpha value is -1.48. The molecule has 3 heteroatoms. The minimum Gasteiger partial charge on any atom is -0.377 e. The second kappa shape index (κ2) is 6.31. The maximum Gasteiger partial charge on any atom is 0.0604 e. The molecule has 1 unspecified atom stereocenters. The number of hydrogen-bond acceptors (Lipinski definition) is 3. The van der Waals surface area contributed by atoms with Gasteiger partial charge in [-0.2, -0.15) is 0 Å². The standard InChI is InChI=1S/C17H22N2S/c1-2-16(17-9-6-12-20-17)18-14-7-5-8-15(13-14)19-10-3-4-11-19/h5-9,12-13,16,18H,2-4,10-11H2,1H3. The third-order valence-corrected chi connectivity index (χ3v) is 4.94. The highest BCUT2D eigenvalue weighted by Gasteiger charge is 2.14. The maximum absolute atomic E-state index is 3.68. The molecule has 1 saturated heterocycles. The normalized spacial score (nSPS) is 16.4. The lowest BCUT2D eigenvalue weighted by atomic mass is 10.1. The van der Waals surface area contributed by atoms with Gasteiger partial charge >= 0.3 is 0 Å². The molecule has 1 atom stereocenters. The van der Waals surface area contributed by atoms with Gasteiger partial charge < -0.3 is 10.2 Å². The third kappa shape index (κ3) is 2.98. The van der Waals surface area contributed by atoms with E-state index in [9.17, 15) is 0 Å². The Kier molecular flexibility index (Phi) is 4.26. The van der Waals surface area contributed by atoms with Crippen LogP contribution in [0.3, 0.4) is 0 Å². The van der Waals surface area contributed by atoms with E-state index in [4.69, 9.17) is 0 Å². The highest BCUT2D eigenvalue weighted by Crippen LogP contribution is 2.29. The van der Waals surface area contributed by atoms with Crippen LogP contribution in [0.25, 0.3) is 0 Å². The second-order valence-electron chi connectivity index (χ2n) is 5.37. The Labute approximate surface area is 125 Å². The van der Waals surface area contributed by atoms with E-state index in [2.05, 4.69) is 58.9 Å². The summed E-state index contributed by atoms with van der Waals surface area (Å²) in [6, 6.07) is 13.6. The molecular weight excluding hydrogens is 264 g/mol. The number of nitrogens with one attached hydrogen (secondary N) is 1. The second-order valence-corrected chi connectivity index (χ2v) is 6.34. The van der Waals surface area contributed by atoms with Crippen LogP contribution in [0.4, 0.5) is 11.4 Å². The molecule has 1 aromatic carbocycles. The highest BCUT2D eigenvalue weighted by atomic mass is 32.1. The lowest BCUT2D eigenvalue weighted by molar-refractivity contribution is 0.764. The number of rotatable bonds is 5. The third-order valence-electron chi connectivity index (χ3n) is 3.95. The first-order valence-corrected chi connectivity index (χ1v) is 8.39. The van der Waals surface area contributed by atoms with Crippen LogP contribution >= 0.6 is 11.3 Å². The maximum atomic E-state index is 3.68. The average molecular weight is 286 g/mol. The van der Waals surface area contributed by atoms with Crippen LogP contribution in [0.1, 0.15) is 37.1 Å². The predicted molar refractivity (Wildman–Crippen MR) is 88.9 cm³/mol. The Morgan fingerprint density at radius 2 is 2.05 bits per heavy atom. The van der Waals surface area contributed by atoms with Crippen molar-refractivity contribution < 1.29 is 0 Å². The molecule has 2 nitrogen and oxygen atoms in total. The molecule has 2 heterocycles. The molecule has 3 rings (SSSR count). The van der Waals surface area contributed by atoms with Gasteiger partial charge in [-0.05, 0) is 48.9 Å². The van der Waals surface area contributed by atoms with Gasteiger partial charge in [0.15, 0.2) is 0 Å². The molecule has 0 bridgehead atoms. The van der Waals surface area contributed by atoms with Crippen molar-refractivity contribution in [2.75, 3.05) is 23.3 Å². The van der Waals surface area contributed by atoms with Gasteiger partial charge in [0.1, 0.15) is 0 Å². The van der Waals surface area contributed by atoms with E-state index in [0.717, 1.165) is 6.42 Å². The van der Waals surface area contributed by atoms with Crippen molar-refractivity contribution in [2.45, 2.75) is 32.2 Å². The zero-order valence-corrected chi connectivity index (χ0v) is 12.8. The van der Waals surface area contributed by atoms with Crippen molar-refractivity contribution in [3.05, 3.63) is 46.7 Å². The van der Waals surface area contributed by atoms with Gasteiger partial charge in [0.25, 0.3) is 0 Å². The summed E-state index contributed by atoms with van der Waals surface area (Å²) in [5.41, 5.74) is 2.59. The topological polar surface area (TPSA) is 15.3 Å². The molecule has 0 spiro atoms. The van der Waals surface area contributed by atoms with E-state index in [-0.39, 0.29) is 0 Å². The minimum atomic E-state index is 0.420. The van der Waals surface area contributed by atoms with Gasteiger partial charge in [0.2, 0.25) is 0 Å². The van der Waals surface area contributed by atoms with Crippen molar-refractivity contribution in [3.63, 3.8) is 0 Å². The number of benzene rings is 1. The van der Waals surface area contributed by atoms with E-state index in [1.807, 2.05) is 11.3 Å². The summed E-state index contributed by atoms with van der Waals surface area (Å²) in [7, 11) is 0. The smallest absolute Gasteiger partial charge is 0.0604 e. The van der Waals surface area contributed by atoms with Crippen LogP contribution in [0, 0.1) is 0 Å². The fourth-order valence-corrected chi connectivity index (χ4v) is 3.69. The summed E-state index contributed by atoms with van der Waals surface area (Å²) in [5, 5.41) is 5.83. The molecule has 1 aliphatic heterocycles. The Bertz CT molecular complexity index is 530. The van der Waals surface area contributed by atoms with Crippen molar-refractivity contribution in [2.24, 2.45) is 0 Å². The molecule has 0 radical (unpaired) electrons. The van der Waals surface area contributed by atoms with Gasteiger partial charge in [-0.15, -0.1) is 11.3 Å². The SMILES string of the molecule is CCC(Nc1cccc(N2CCCC2)c1)c1cccs1. The largest absolute Gasteiger partial charge is 0.377 e. The quantitative estimate of drug-likeness (QED) is 0.840. The molecule has 0 amide bonds. The number of thiophene rings is 1. The van der Waals surface area contributed by atoms with Crippen LogP contribution < -0.4 is 10.2 Å². The fraction of sp³-hybridized carbons (Fsp3) is 0.412. The van der Waals surface area contributed by atoms with Crippen LogP contribution in [-0.2, 0) is 0 Å². The van der Waals surface area contributed by atoms with Crippen LogP contribution in [0.15, 0.2) is 41.8 Å². The summed E-state index contributed by atoms with van der Waals surface area (Å²) in [5.74, 6) is 0. The summed E-state index contributed by atoms with van der Waals surface area (Å²) < 4.78 is 0. The molecule has 1 aliphatic rings. The van der Waals surface area contributed by atoms with E-state index in [0.29, 0.717) is 6.04 Å². The average Bonchev–Trinajstić information content (AvgIpc) is 3.17. The first kappa shape index (κ1) is 13.5. The first-order valence-electron chi connectivity index (χ1n) is 7.52. The monoisotopic (exact) mass is 286 g/mol. The first-order chi connectivity index (χ1) is 9.86. The van der Waals surface area contributed by atoms with Gasteiger partial charge in [-0.25, -0.2) is 0 Å². The molecule has 0 saturated carbocycles.